The first kappa shape index (κ1) is 21.2. The molecule has 0 spiro atoms. The lowest BCUT2D eigenvalue weighted by atomic mass is 10.1. The molecule has 28 heavy (non-hydrogen) atoms. The lowest BCUT2D eigenvalue weighted by Crippen LogP contribution is -2.35. The fourth-order valence-corrected chi connectivity index (χ4v) is 3.96. The highest BCUT2D eigenvalue weighted by atomic mass is 35.5. The van der Waals surface area contributed by atoms with Crippen molar-refractivity contribution < 1.29 is 4.79 Å². The summed E-state index contributed by atoms with van der Waals surface area (Å²) in [4.78, 5) is 18.8. The molecule has 1 aromatic rings. The van der Waals surface area contributed by atoms with Gasteiger partial charge in [0, 0.05) is 49.9 Å². The number of carbonyl (C=O) groups is 1. The standard InChI is InChI=1S/C22H29Cl2N3O/c1-16(17-6-8-18(23)9-7-17)22(24)26(3)20-12-14-27(15-20)21(28)5-4-13-25(2)19-10-11-19/h4-9,19-20H,10-15H2,1-3H3. The van der Waals surface area contributed by atoms with E-state index in [0.717, 1.165) is 30.6 Å². The van der Waals surface area contributed by atoms with Crippen LogP contribution < -0.4 is 0 Å². The van der Waals surface area contributed by atoms with E-state index in [1.54, 1.807) is 6.08 Å². The molecule has 1 aromatic carbocycles. The number of benzene rings is 1. The Morgan fingerprint density at radius 1 is 1.18 bits per heavy atom. The van der Waals surface area contributed by atoms with E-state index in [1.165, 1.54) is 12.8 Å². The van der Waals surface area contributed by atoms with Crippen LogP contribution in [0.1, 0.15) is 31.7 Å². The van der Waals surface area contributed by atoms with Gasteiger partial charge in [-0.3, -0.25) is 9.69 Å². The summed E-state index contributed by atoms with van der Waals surface area (Å²) in [5.41, 5.74) is 2.06. The van der Waals surface area contributed by atoms with Gasteiger partial charge >= 0.3 is 0 Å². The summed E-state index contributed by atoms with van der Waals surface area (Å²) in [6, 6.07) is 8.62. The largest absolute Gasteiger partial charge is 0.360 e. The zero-order valence-electron chi connectivity index (χ0n) is 16.9. The summed E-state index contributed by atoms with van der Waals surface area (Å²) in [6.07, 6.45) is 7.18. The fourth-order valence-electron chi connectivity index (χ4n) is 3.59. The molecular formula is C22H29Cl2N3O. The molecule has 1 aliphatic heterocycles. The van der Waals surface area contributed by atoms with E-state index in [1.807, 2.05) is 49.2 Å². The van der Waals surface area contributed by atoms with Crippen LogP contribution in [0.3, 0.4) is 0 Å². The van der Waals surface area contributed by atoms with Gasteiger partial charge < -0.3 is 9.80 Å². The number of likely N-dealkylation sites (tertiary alicyclic amines) is 1. The highest BCUT2D eigenvalue weighted by molar-refractivity contribution is 6.32. The van der Waals surface area contributed by atoms with Crippen LogP contribution in [-0.4, -0.2) is 66.4 Å². The molecule has 2 fully saturated rings. The van der Waals surface area contributed by atoms with Crippen LogP contribution in [-0.2, 0) is 4.79 Å². The number of rotatable bonds is 7. The topological polar surface area (TPSA) is 26.8 Å². The number of hydrogen-bond acceptors (Lipinski definition) is 3. The molecule has 1 saturated heterocycles. The van der Waals surface area contributed by atoms with Crippen LogP contribution >= 0.6 is 23.2 Å². The molecule has 1 amide bonds. The number of hydrogen-bond donors (Lipinski definition) is 0. The van der Waals surface area contributed by atoms with Crippen LogP contribution in [0.2, 0.25) is 5.02 Å². The minimum atomic E-state index is 0.0922. The first-order valence-electron chi connectivity index (χ1n) is 9.87. The molecule has 1 saturated carbocycles. The molecule has 0 radical (unpaired) electrons. The van der Waals surface area contributed by atoms with Gasteiger partial charge in [0.1, 0.15) is 5.16 Å². The van der Waals surface area contributed by atoms with Crippen molar-refractivity contribution >= 4 is 34.7 Å². The fraction of sp³-hybridized carbons (Fsp3) is 0.500. The SMILES string of the molecule is CC(=C(Cl)N(C)C1CCN(C(=O)C=CCN(C)C2CC2)C1)c1ccc(Cl)cc1. The quantitative estimate of drug-likeness (QED) is 0.480. The number of amides is 1. The van der Waals surface area contributed by atoms with E-state index in [2.05, 4.69) is 16.8 Å². The van der Waals surface area contributed by atoms with Gasteiger partial charge in [-0.25, -0.2) is 0 Å². The Labute approximate surface area is 178 Å². The highest BCUT2D eigenvalue weighted by Crippen LogP contribution is 2.28. The minimum Gasteiger partial charge on any atom is -0.360 e. The summed E-state index contributed by atoms with van der Waals surface area (Å²) < 4.78 is 0. The van der Waals surface area contributed by atoms with Gasteiger partial charge in [0.25, 0.3) is 0 Å². The van der Waals surface area contributed by atoms with E-state index >= 15 is 0 Å². The van der Waals surface area contributed by atoms with E-state index in [0.29, 0.717) is 22.8 Å². The molecule has 152 valence electrons. The smallest absolute Gasteiger partial charge is 0.246 e. The molecule has 1 heterocycles. The second-order valence-electron chi connectivity index (χ2n) is 7.83. The Hall–Kier alpha value is -1.49. The van der Waals surface area contributed by atoms with Gasteiger partial charge in [-0.15, -0.1) is 0 Å². The van der Waals surface area contributed by atoms with Gasteiger partial charge in [-0.05, 0) is 56.5 Å². The number of halogens is 2. The number of nitrogens with zero attached hydrogens (tertiary/aromatic N) is 3. The highest BCUT2D eigenvalue weighted by Gasteiger charge is 2.29. The Balaban J connectivity index is 1.56. The third-order valence-electron chi connectivity index (χ3n) is 5.74. The summed E-state index contributed by atoms with van der Waals surface area (Å²) in [6.45, 7) is 4.31. The average molecular weight is 422 g/mol. The average Bonchev–Trinajstić information content (AvgIpc) is 3.43. The first-order chi connectivity index (χ1) is 13.4. The van der Waals surface area contributed by atoms with Crippen molar-refractivity contribution in [1.29, 1.82) is 0 Å². The Morgan fingerprint density at radius 3 is 2.50 bits per heavy atom. The lowest BCUT2D eigenvalue weighted by molar-refractivity contribution is -0.125. The maximum atomic E-state index is 12.5. The van der Waals surface area contributed by atoms with E-state index < -0.39 is 0 Å². The van der Waals surface area contributed by atoms with Crippen molar-refractivity contribution in [1.82, 2.24) is 14.7 Å². The van der Waals surface area contributed by atoms with Crippen molar-refractivity contribution in [2.24, 2.45) is 0 Å². The zero-order chi connectivity index (χ0) is 20.3. The molecule has 0 bridgehead atoms. The molecule has 2 aliphatic rings. The van der Waals surface area contributed by atoms with Crippen molar-refractivity contribution in [3.63, 3.8) is 0 Å². The van der Waals surface area contributed by atoms with Gasteiger partial charge in [0.05, 0.1) is 0 Å². The number of likely N-dealkylation sites (N-methyl/N-ethyl adjacent to an activating group) is 2. The molecule has 1 aliphatic carbocycles. The van der Waals surface area contributed by atoms with Gasteiger partial charge in [-0.2, -0.15) is 0 Å². The minimum absolute atomic E-state index is 0.0922. The molecule has 1 unspecified atom stereocenters. The Bertz CT molecular complexity index is 756. The summed E-state index contributed by atoms with van der Waals surface area (Å²) in [5, 5.41) is 1.42. The molecular weight excluding hydrogens is 393 g/mol. The molecule has 6 heteroatoms. The summed E-state index contributed by atoms with van der Waals surface area (Å²) >= 11 is 12.6. The maximum absolute atomic E-state index is 12.5. The van der Waals surface area contributed by atoms with Gasteiger partial charge in [0.2, 0.25) is 5.91 Å². The van der Waals surface area contributed by atoms with E-state index in [-0.39, 0.29) is 11.9 Å². The van der Waals surface area contributed by atoms with Crippen LogP contribution in [0.5, 0.6) is 0 Å². The maximum Gasteiger partial charge on any atom is 0.246 e. The normalized spacial score (nSPS) is 20.8. The van der Waals surface area contributed by atoms with Crippen LogP contribution in [0.4, 0.5) is 0 Å². The first-order valence-corrected chi connectivity index (χ1v) is 10.6. The summed E-state index contributed by atoms with van der Waals surface area (Å²) in [7, 11) is 4.12. The van der Waals surface area contributed by atoms with Crippen LogP contribution in [0.15, 0.2) is 41.6 Å². The third kappa shape index (κ3) is 5.31. The second kappa shape index (κ2) is 9.34. The molecule has 3 rings (SSSR count). The number of allylic oxidation sites excluding steroid dienone is 1. The molecule has 4 nitrogen and oxygen atoms in total. The number of carbonyl (C=O) groups excluding carboxylic acids is 1. The summed E-state index contributed by atoms with van der Waals surface area (Å²) in [5.74, 6) is 0.0922. The van der Waals surface area contributed by atoms with E-state index in [4.69, 9.17) is 23.2 Å². The molecule has 0 N–H and O–H groups in total. The van der Waals surface area contributed by atoms with Crippen molar-refractivity contribution in [3.05, 3.63) is 52.2 Å². The zero-order valence-corrected chi connectivity index (χ0v) is 18.4. The third-order valence-corrected chi connectivity index (χ3v) is 6.55. The predicted octanol–water partition coefficient (Wildman–Crippen LogP) is 4.45. The van der Waals surface area contributed by atoms with Crippen molar-refractivity contribution in [2.45, 2.75) is 38.3 Å². The van der Waals surface area contributed by atoms with Gasteiger partial charge in [0.15, 0.2) is 0 Å². The van der Waals surface area contributed by atoms with Crippen molar-refractivity contribution in [2.75, 3.05) is 33.7 Å². The molecule has 1 atom stereocenters. The Morgan fingerprint density at radius 2 is 1.86 bits per heavy atom. The monoisotopic (exact) mass is 421 g/mol. The lowest BCUT2D eigenvalue weighted by Gasteiger charge is -2.27. The Kier molecular flexibility index (Phi) is 7.08. The van der Waals surface area contributed by atoms with Gasteiger partial charge in [-0.1, -0.05) is 41.4 Å². The second-order valence-corrected chi connectivity index (χ2v) is 8.63. The van der Waals surface area contributed by atoms with E-state index in [9.17, 15) is 4.79 Å². The van der Waals surface area contributed by atoms with Crippen LogP contribution in [0, 0.1) is 0 Å². The predicted molar refractivity (Wildman–Crippen MR) is 117 cm³/mol. The molecule has 0 aromatic heterocycles. The van der Waals surface area contributed by atoms with Crippen LogP contribution in [0.25, 0.3) is 5.57 Å². The van der Waals surface area contributed by atoms with Crippen molar-refractivity contribution in [3.8, 4) is 0 Å².